The Kier molecular flexibility index (Phi) is 5.05. The molecule has 0 N–H and O–H groups in total. The van der Waals surface area contributed by atoms with Gasteiger partial charge < -0.3 is 4.57 Å². The zero-order valence-corrected chi connectivity index (χ0v) is 18.0. The van der Waals surface area contributed by atoms with Gasteiger partial charge in [-0.3, -0.25) is 9.59 Å². The van der Waals surface area contributed by atoms with E-state index in [4.69, 9.17) is 0 Å². The molecule has 0 amide bonds. The van der Waals surface area contributed by atoms with Crippen LogP contribution in [0.25, 0.3) is 21.5 Å². The maximum Gasteiger partial charge on any atom is 0.248 e. The fourth-order valence-corrected chi connectivity index (χ4v) is 6.22. The molecule has 0 radical (unpaired) electrons. The standard InChI is InChI=1S/C28H19O3P/c29-27(24-16-14-20-8-4-6-10-22(20)18-24)32(31,26-12-2-1-3-13-26)28(30)25-17-15-21-9-5-7-11-23(21)19-25/h1-19H. The van der Waals surface area contributed by atoms with Crippen LogP contribution in [-0.4, -0.2) is 11.0 Å². The van der Waals surface area contributed by atoms with Crippen LogP contribution in [0.1, 0.15) is 20.7 Å². The molecule has 5 aromatic carbocycles. The summed E-state index contributed by atoms with van der Waals surface area (Å²) in [5.41, 5.74) is -0.754. The molecule has 5 rings (SSSR count). The summed E-state index contributed by atoms with van der Waals surface area (Å²) in [5.74, 6) is 0. The second-order valence-corrected chi connectivity index (χ2v) is 10.2. The Morgan fingerprint density at radius 3 is 1.34 bits per heavy atom. The third-order valence-electron chi connectivity index (χ3n) is 5.68. The third-order valence-corrected chi connectivity index (χ3v) is 8.37. The molecule has 0 atom stereocenters. The largest absolute Gasteiger partial charge is 0.302 e. The molecule has 0 aliphatic rings. The van der Waals surface area contributed by atoms with E-state index in [9.17, 15) is 14.2 Å². The van der Waals surface area contributed by atoms with Crippen LogP contribution in [0.5, 0.6) is 0 Å². The fourth-order valence-electron chi connectivity index (χ4n) is 3.97. The smallest absolute Gasteiger partial charge is 0.248 e. The Morgan fingerprint density at radius 1 is 0.469 bits per heavy atom. The number of carbonyl (C=O) groups excluding carboxylic acids is 2. The van der Waals surface area contributed by atoms with Crippen LogP contribution in [0.4, 0.5) is 0 Å². The average molecular weight is 434 g/mol. The van der Waals surface area contributed by atoms with Crippen LogP contribution in [0.2, 0.25) is 0 Å². The zero-order chi connectivity index (χ0) is 22.1. The molecular weight excluding hydrogens is 415 g/mol. The highest BCUT2D eigenvalue weighted by Crippen LogP contribution is 2.51. The van der Waals surface area contributed by atoms with Gasteiger partial charge in [-0.05, 0) is 33.7 Å². The highest BCUT2D eigenvalue weighted by Gasteiger charge is 2.42. The first kappa shape index (κ1) is 20.1. The quantitative estimate of drug-likeness (QED) is 0.291. The summed E-state index contributed by atoms with van der Waals surface area (Å²) in [6.07, 6.45) is 0. The lowest BCUT2D eigenvalue weighted by Gasteiger charge is -2.17. The third kappa shape index (κ3) is 3.37. The SMILES string of the molecule is O=C(c1ccc2ccccc2c1)P(=O)(C(=O)c1ccc2ccccc2c1)c1ccccc1. The summed E-state index contributed by atoms with van der Waals surface area (Å²) < 4.78 is 14.4. The van der Waals surface area contributed by atoms with Crippen molar-refractivity contribution in [3.05, 3.63) is 126 Å². The van der Waals surface area contributed by atoms with Gasteiger partial charge in [0.1, 0.15) is 0 Å². The summed E-state index contributed by atoms with van der Waals surface area (Å²) in [6.45, 7) is 0. The van der Waals surface area contributed by atoms with Crippen molar-refractivity contribution >= 4 is 45.0 Å². The minimum absolute atomic E-state index is 0.247. The molecular formula is C28H19O3P. The topological polar surface area (TPSA) is 51.2 Å². The minimum Gasteiger partial charge on any atom is -0.302 e. The van der Waals surface area contributed by atoms with Crippen LogP contribution >= 0.6 is 7.14 Å². The van der Waals surface area contributed by atoms with Crippen LogP contribution < -0.4 is 5.30 Å². The number of hydrogen-bond donors (Lipinski definition) is 0. The van der Waals surface area contributed by atoms with Crippen LogP contribution in [-0.2, 0) is 4.57 Å². The van der Waals surface area contributed by atoms with E-state index < -0.39 is 18.2 Å². The first-order chi connectivity index (χ1) is 15.6. The average Bonchev–Trinajstić information content (AvgIpc) is 2.87. The lowest BCUT2D eigenvalue weighted by Crippen LogP contribution is -2.20. The molecule has 3 nitrogen and oxygen atoms in total. The Bertz CT molecular complexity index is 1440. The van der Waals surface area contributed by atoms with E-state index in [0.29, 0.717) is 0 Å². The number of benzene rings is 5. The van der Waals surface area contributed by atoms with Crippen molar-refractivity contribution in [2.75, 3.05) is 0 Å². The van der Waals surface area contributed by atoms with Crippen molar-refractivity contribution in [3.63, 3.8) is 0 Å². The van der Waals surface area contributed by atoms with Crippen molar-refractivity contribution < 1.29 is 14.2 Å². The van der Waals surface area contributed by atoms with Gasteiger partial charge in [0.15, 0.2) is 0 Å². The molecule has 32 heavy (non-hydrogen) atoms. The molecule has 0 saturated heterocycles. The van der Waals surface area contributed by atoms with Gasteiger partial charge in [0.25, 0.3) is 0 Å². The van der Waals surface area contributed by atoms with Gasteiger partial charge in [-0.2, -0.15) is 0 Å². The molecule has 154 valence electrons. The second kappa shape index (κ2) is 8.03. The Labute approximate surface area is 185 Å². The summed E-state index contributed by atoms with van der Waals surface area (Å²) in [5, 5.41) is 3.91. The maximum atomic E-state index is 14.4. The molecule has 0 fully saturated rings. The molecule has 0 heterocycles. The lowest BCUT2D eigenvalue weighted by atomic mass is 10.1. The van der Waals surface area contributed by atoms with Gasteiger partial charge >= 0.3 is 0 Å². The molecule has 0 saturated carbocycles. The van der Waals surface area contributed by atoms with E-state index in [1.54, 1.807) is 54.6 Å². The fraction of sp³-hybridized carbons (Fsp3) is 0. The van der Waals surface area contributed by atoms with Gasteiger partial charge in [-0.25, -0.2) is 0 Å². The summed E-state index contributed by atoms with van der Waals surface area (Å²) in [6, 6.07) is 34.0. The highest BCUT2D eigenvalue weighted by atomic mass is 31.2. The van der Waals surface area contributed by atoms with E-state index in [-0.39, 0.29) is 16.4 Å². The summed E-state index contributed by atoms with van der Waals surface area (Å²) in [7, 11) is -4.13. The van der Waals surface area contributed by atoms with E-state index >= 15 is 0 Å². The Hall–Kier alpha value is -3.81. The number of rotatable bonds is 5. The molecule has 0 bridgehead atoms. The predicted octanol–water partition coefficient (Wildman–Crippen LogP) is 6.66. The van der Waals surface area contributed by atoms with Gasteiger partial charge in [0, 0.05) is 16.4 Å². The summed E-state index contributed by atoms with van der Waals surface area (Å²) >= 11 is 0. The Balaban J connectivity index is 1.67. The maximum absolute atomic E-state index is 14.4. The van der Waals surface area contributed by atoms with Gasteiger partial charge in [0.2, 0.25) is 18.2 Å². The first-order valence-corrected chi connectivity index (χ1v) is 12.0. The van der Waals surface area contributed by atoms with Crippen molar-refractivity contribution in [1.29, 1.82) is 0 Å². The molecule has 0 aromatic heterocycles. The predicted molar refractivity (Wildman–Crippen MR) is 130 cm³/mol. The monoisotopic (exact) mass is 434 g/mol. The van der Waals surface area contributed by atoms with Crippen molar-refractivity contribution in [2.24, 2.45) is 0 Å². The Morgan fingerprint density at radius 2 is 0.875 bits per heavy atom. The van der Waals surface area contributed by atoms with Crippen molar-refractivity contribution in [3.8, 4) is 0 Å². The van der Waals surface area contributed by atoms with Gasteiger partial charge in [-0.1, -0.05) is 103 Å². The number of carbonyl (C=O) groups is 2. The van der Waals surface area contributed by atoms with Crippen LogP contribution in [0.15, 0.2) is 115 Å². The van der Waals surface area contributed by atoms with Crippen molar-refractivity contribution in [1.82, 2.24) is 0 Å². The van der Waals surface area contributed by atoms with E-state index in [2.05, 4.69) is 0 Å². The van der Waals surface area contributed by atoms with Crippen LogP contribution in [0.3, 0.4) is 0 Å². The van der Waals surface area contributed by atoms with Gasteiger partial charge in [-0.15, -0.1) is 0 Å². The van der Waals surface area contributed by atoms with E-state index in [1.807, 2.05) is 60.7 Å². The molecule has 4 heteroatoms. The molecule has 0 aliphatic heterocycles. The lowest BCUT2D eigenvalue weighted by molar-refractivity contribution is 0.104. The second-order valence-electron chi connectivity index (χ2n) is 7.68. The molecule has 5 aromatic rings. The minimum atomic E-state index is -4.13. The van der Waals surface area contributed by atoms with Crippen molar-refractivity contribution in [2.45, 2.75) is 0 Å². The molecule has 0 spiro atoms. The first-order valence-electron chi connectivity index (χ1n) is 10.3. The molecule has 0 unspecified atom stereocenters. The normalized spacial score (nSPS) is 11.5. The van der Waals surface area contributed by atoms with E-state index in [1.165, 1.54) is 0 Å². The van der Waals surface area contributed by atoms with Gasteiger partial charge in [0.05, 0.1) is 0 Å². The number of hydrogen-bond acceptors (Lipinski definition) is 3. The summed E-state index contributed by atoms with van der Waals surface area (Å²) in [4.78, 5) is 27.4. The number of fused-ring (bicyclic) bond motifs is 2. The van der Waals surface area contributed by atoms with Crippen LogP contribution in [0, 0.1) is 0 Å². The van der Waals surface area contributed by atoms with E-state index in [0.717, 1.165) is 21.5 Å². The zero-order valence-electron chi connectivity index (χ0n) is 17.1. The highest BCUT2D eigenvalue weighted by molar-refractivity contribution is 8.01. The molecule has 0 aliphatic carbocycles.